The van der Waals surface area contributed by atoms with E-state index in [0.717, 1.165) is 5.56 Å². The number of para-hydroxylation sites is 1. The molecular weight excluding hydrogens is 312 g/mol. The topological polar surface area (TPSA) is 68.3 Å². The molecule has 0 saturated carbocycles. The molecule has 0 amide bonds. The monoisotopic (exact) mass is 324 g/mol. The Kier molecular flexibility index (Phi) is 3.84. The van der Waals surface area contributed by atoms with Crippen LogP contribution in [0, 0.1) is 0 Å². The molecule has 1 aromatic carbocycles. The number of fused-ring (bicyclic) bond motifs is 1. The Morgan fingerprint density at radius 1 is 1.29 bits per heavy atom. The van der Waals surface area contributed by atoms with E-state index < -0.39 is 10.0 Å². The van der Waals surface area contributed by atoms with Gasteiger partial charge in [0.1, 0.15) is 10.9 Å². The van der Waals surface area contributed by atoms with Crippen LogP contribution < -0.4 is 9.46 Å². The quantitative estimate of drug-likeness (QED) is 0.881. The first-order valence-electron chi connectivity index (χ1n) is 6.42. The summed E-state index contributed by atoms with van der Waals surface area (Å²) in [6.07, 6.45) is 1.95. The standard InChI is InChI=1S/C14H13ClN2O3S/c15-14-9-10(5-7-16-14)21(18,19)17-12-6-8-20-13-4-2-1-3-11(12)13/h1-5,7,9,12,17H,6,8H2. The van der Waals surface area contributed by atoms with Crippen molar-refractivity contribution in [3.63, 3.8) is 0 Å². The van der Waals surface area contributed by atoms with Crippen molar-refractivity contribution in [1.82, 2.24) is 9.71 Å². The van der Waals surface area contributed by atoms with Gasteiger partial charge in [-0.2, -0.15) is 0 Å². The van der Waals surface area contributed by atoms with Crippen molar-refractivity contribution >= 4 is 21.6 Å². The molecule has 1 unspecified atom stereocenters. The van der Waals surface area contributed by atoms with E-state index in [1.165, 1.54) is 18.3 Å². The SMILES string of the molecule is O=S(=O)(NC1CCOc2ccccc21)c1ccnc(Cl)c1. The van der Waals surface area contributed by atoms with E-state index in [1.54, 1.807) is 0 Å². The van der Waals surface area contributed by atoms with E-state index in [1.807, 2.05) is 24.3 Å². The van der Waals surface area contributed by atoms with Crippen molar-refractivity contribution in [3.05, 3.63) is 53.3 Å². The summed E-state index contributed by atoms with van der Waals surface area (Å²) in [7, 11) is -3.66. The zero-order valence-corrected chi connectivity index (χ0v) is 12.6. The van der Waals surface area contributed by atoms with Gasteiger partial charge in [0.05, 0.1) is 17.5 Å². The number of halogens is 1. The fourth-order valence-corrected chi connectivity index (χ4v) is 3.77. The highest BCUT2D eigenvalue weighted by molar-refractivity contribution is 7.89. The van der Waals surface area contributed by atoms with Gasteiger partial charge in [-0.3, -0.25) is 0 Å². The molecule has 2 aromatic rings. The Balaban J connectivity index is 1.90. The third kappa shape index (κ3) is 3.02. The first-order valence-corrected chi connectivity index (χ1v) is 8.28. The number of aromatic nitrogens is 1. The highest BCUT2D eigenvalue weighted by Gasteiger charge is 2.26. The summed E-state index contributed by atoms with van der Waals surface area (Å²) in [5.41, 5.74) is 0.840. The first kappa shape index (κ1) is 14.3. The van der Waals surface area contributed by atoms with E-state index >= 15 is 0 Å². The highest BCUT2D eigenvalue weighted by atomic mass is 35.5. The Hall–Kier alpha value is -1.63. The van der Waals surface area contributed by atoms with E-state index in [-0.39, 0.29) is 16.1 Å². The summed E-state index contributed by atoms with van der Waals surface area (Å²) in [6.45, 7) is 0.474. The lowest BCUT2D eigenvalue weighted by molar-refractivity contribution is 0.263. The van der Waals surface area contributed by atoms with E-state index in [9.17, 15) is 8.42 Å². The Morgan fingerprint density at radius 2 is 2.10 bits per heavy atom. The van der Waals surface area contributed by atoms with Crippen LogP contribution in [0.3, 0.4) is 0 Å². The molecule has 1 atom stereocenters. The molecule has 110 valence electrons. The molecule has 1 aliphatic heterocycles. The van der Waals surface area contributed by atoms with Gasteiger partial charge in [-0.25, -0.2) is 18.1 Å². The van der Waals surface area contributed by atoms with E-state index in [2.05, 4.69) is 9.71 Å². The Morgan fingerprint density at radius 3 is 2.90 bits per heavy atom. The predicted octanol–water partition coefficient (Wildman–Crippen LogP) is 2.54. The lowest BCUT2D eigenvalue weighted by Gasteiger charge is -2.26. The molecule has 0 spiro atoms. The molecule has 3 rings (SSSR count). The molecule has 0 bridgehead atoms. The number of hydrogen-bond donors (Lipinski definition) is 1. The van der Waals surface area contributed by atoms with Gasteiger partial charge in [-0.1, -0.05) is 29.8 Å². The molecule has 0 fully saturated rings. The molecule has 1 aromatic heterocycles. The predicted molar refractivity (Wildman–Crippen MR) is 78.9 cm³/mol. The number of nitrogens with zero attached hydrogens (tertiary/aromatic N) is 1. The van der Waals surface area contributed by atoms with Crippen LogP contribution in [0.1, 0.15) is 18.0 Å². The van der Waals surface area contributed by atoms with Crippen LogP contribution in [0.2, 0.25) is 5.15 Å². The number of nitrogens with one attached hydrogen (secondary N) is 1. The van der Waals surface area contributed by atoms with Crippen molar-refractivity contribution in [1.29, 1.82) is 0 Å². The van der Waals surface area contributed by atoms with Gasteiger partial charge in [0.2, 0.25) is 10.0 Å². The number of ether oxygens (including phenoxy) is 1. The fraction of sp³-hybridized carbons (Fsp3) is 0.214. The molecule has 1 N–H and O–H groups in total. The molecule has 5 nitrogen and oxygen atoms in total. The molecule has 0 saturated heterocycles. The number of benzene rings is 1. The first-order chi connectivity index (χ1) is 10.1. The van der Waals surface area contributed by atoms with E-state index in [4.69, 9.17) is 16.3 Å². The number of hydrogen-bond acceptors (Lipinski definition) is 4. The van der Waals surface area contributed by atoms with Crippen LogP contribution in [0.5, 0.6) is 5.75 Å². The molecule has 1 aliphatic rings. The third-order valence-electron chi connectivity index (χ3n) is 3.26. The molecule has 21 heavy (non-hydrogen) atoms. The van der Waals surface area contributed by atoms with Crippen molar-refractivity contribution in [3.8, 4) is 5.75 Å². The van der Waals surface area contributed by atoms with Gasteiger partial charge in [-0.05, 0) is 18.2 Å². The van der Waals surface area contributed by atoms with Crippen LogP contribution in [-0.2, 0) is 10.0 Å². The largest absolute Gasteiger partial charge is 0.493 e. The van der Waals surface area contributed by atoms with Crippen LogP contribution in [0.25, 0.3) is 0 Å². The van der Waals surface area contributed by atoms with Gasteiger partial charge in [-0.15, -0.1) is 0 Å². The number of rotatable bonds is 3. The average Bonchev–Trinajstić information content (AvgIpc) is 2.47. The van der Waals surface area contributed by atoms with Crippen molar-refractivity contribution in [2.24, 2.45) is 0 Å². The van der Waals surface area contributed by atoms with Crippen molar-refractivity contribution < 1.29 is 13.2 Å². The van der Waals surface area contributed by atoms with Gasteiger partial charge >= 0.3 is 0 Å². The second-order valence-electron chi connectivity index (χ2n) is 4.66. The summed E-state index contributed by atoms with van der Waals surface area (Å²) in [5, 5.41) is 0.144. The summed E-state index contributed by atoms with van der Waals surface area (Å²) in [4.78, 5) is 3.89. The summed E-state index contributed by atoms with van der Waals surface area (Å²) in [6, 6.07) is 9.85. The average molecular weight is 325 g/mol. The van der Waals surface area contributed by atoms with Crippen molar-refractivity contribution in [2.45, 2.75) is 17.4 Å². The zero-order valence-electron chi connectivity index (χ0n) is 11.0. The van der Waals surface area contributed by atoms with Crippen LogP contribution in [-0.4, -0.2) is 20.0 Å². The Bertz CT molecular complexity index is 764. The minimum Gasteiger partial charge on any atom is -0.493 e. The van der Waals surface area contributed by atoms with E-state index in [0.29, 0.717) is 18.8 Å². The fourth-order valence-electron chi connectivity index (χ4n) is 2.27. The minimum absolute atomic E-state index is 0.103. The highest BCUT2D eigenvalue weighted by Crippen LogP contribution is 2.32. The molecule has 7 heteroatoms. The normalized spacial score (nSPS) is 17.9. The summed E-state index contributed by atoms with van der Waals surface area (Å²) in [5.74, 6) is 0.712. The second-order valence-corrected chi connectivity index (χ2v) is 6.76. The zero-order chi connectivity index (χ0) is 14.9. The van der Waals surface area contributed by atoms with Gasteiger partial charge < -0.3 is 4.74 Å². The van der Waals surface area contributed by atoms with Gasteiger partial charge in [0.25, 0.3) is 0 Å². The van der Waals surface area contributed by atoms with Crippen LogP contribution in [0.15, 0.2) is 47.5 Å². The van der Waals surface area contributed by atoms with Crippen LogP contribution >= 0.6 is 11.6 Å². The molecule has 0 radical (unpaired) electrons. The lowest BCUT2D eigenvalue weighted by atomic mass is 10.0. The number of pyridine rings is 1. The lowest BCUT2D eigenvalue weighted by Crippen LogP contribution is -2.32. The summed E-state index contributed by atoms with van der Waals surface area (Å²) >= 11 is 5.75. The van der Waals surface area contributed by atoms with Crippen LogP contribution in [0.4, 0.5) is 0 Å². The maximum atomic E-state index is 12.4. The molecule has 2 heterocycles. The van der Waals surface area contributed by atoms with Gasteiger partial charge in [0, 0.05) is 18.2 Å². The molecule has 0 aliphatic carbocycles. The maximum absolute atomic E-state index is 12.4. The maximum Gasteiger partial charge on any atom is 0.241 e. The van der Waals surface area contributed by atoms with Gasteiger partial charge in [0.15, 0.2) is 0 Å². The van der Waals surface area contributed by atoms with Crippen molar-refractivity contribution in [2.75, 3.05) is 6.61 Å². The smallest absolute Gasteiger partial charge is 0.241 e. The molecular formula is C14H13ClN2O3S. The summed E-state index contributed by atoms with van der Waals surface area (Å²) < 4.78 is 33.1. The second kappa shape index (κ2) is 5.63. The number of sulfonamides is 1. The minimum atomic E-state index is -3.66. The third-order valence-corrected chi connectivity index (χ3v) is 4.94. The Labute approximate surface area is 128 Å².